The van der Waals surface area contributed by atoms with Crippen LogP contribution in [0.2, 0.25) is 0 Å². The molecular formula is C15H33N5. The Morgan fingerprint density at radius 2 is 1.85 bits per heavy atom. The Hall–Kier alpha value is -0.810. The van der Waals surface area contributed by atoms with Crippen LogP contribution in [0.25, 0.3) is 0 Å². The van der Waals surface area contributed by atoms with Gasteiger partial charge in [0.15, 0.2) is 5.96 Å². The van der Waals surface area contributed by atoms with Crippen LogP contribution >= 0.6 is 0 Å². The van der Waals surface area contributed by atoms with Crippen molar-refractivity contribution < 1.29 is 0 Å². The minimum absolute atomic E-state index is 0.607. The van der Waals surface area contributed by atoms with Crippen LogP contribution in [0, 0.1) is 5.92 Å². The Labute approximate surface area is 124 Å². The Bertz CT molecular complexity index is 271. The topological polar surface area (TPSA) is 42.9 Å². The number of rotatable bonds is 7. The smallest absolute Gasteiger partial charge is 0.191 e. The third-order valence-electron chi connectivity index (χ3n) is 3.61. The van der Waals surface area contributed by atoms with E-state index in [0.29, 0.717) is 5.92 Å². The average Bonchev–Trinajstić information content (AvgIpc) is 2.44. The van der Waals surface area contributed by atoms with Gasteiger partial charge < -0.3 is 20.4 Å². The summed E-state index contributed by atoms with van der Waals surface area (Å²) in [6, 6.07) is 0. The van der Waals surface area contributed by atoms with Gasteiger partial charge in [-0.25, -0.2) is 0 Å². The normalized spacial score (nSPS) is 19.9. The molecule has 20 heavy (non-hydrogen) atoms. The summed E-state index contributed by atoms with van der Waals surface area (Å²) in [7, 11) is 2.20. The minimum Gasteiger partial charge on any atom is -0.357 e. The van der Waals surface area contributed by atoms with Crippen LogP contribution in [0.4, 0.5) is 0 Å². The van der Waals surface area contributed by atoms with Crippen LogP contribution in [-0.2, 0) is 0 Å². The maximum absolute atomic E-state index is 4.69. The molecule has 1 rings (SSSR count). The molecule has 1 unspecified atom stereocenters. The Balaban J connectivity index is 2.29. The second-order valence-electron chi connectivity index (χ2n) is 5.86. The number of piperazine rings is 1. The molecule has 1 aliphatic heterocycles. The van der Waals surface area contributed by atoms with Crippen LogP contribution in [0.5, 0.6) is 0 Å². The molecule has 0 saturated carbocycles. The van der Waals surface area contributed by atoms with Crippen molar-refractivity contribution in [3.63, 3.8) is 0 Å². The van der Waals surface area contributed by atoms with Crippen molar-refractivity contribution in [3.8, 4) is 0 Å². The molecule has 5 nitrogen and oxygen atoms in total. The zero-order chi connectivity index (χ0) is 14.8. The molecule has 0 aromatic heterocycles. The lowest BCUT2D eigenvalue weighted by atomic mass is 10.1. The van der Waals surface area contributed by atoms with Crippen LogP contribution < -0.4 is 10.6 Å². The van der Waals surface area contributed by atoms with Crippen molar-refractivity contribution in [2.24, 2.45) is 10.9 Å². The summed E-state index contributed by atoms with van der Waals surface area (Å²) < 4.78 is 0. The number of likely N-dealkylation sites (N-methyl/N-ethyl adjacent to an activating group) is 1. The van der Waals surface area contributed by atoms with E-state index in [4.69, 9.17) is 0 Å². The van der Waals surface area contributed by atoms with Gasteiger partial charge in [0.2, 0.25) is 0 Å². The standard InChI is InChI=1S/C15H33N5/c1-5-7-17-15(16-6-2)18-12-14(3)13-20-10-8-19(4)9-11-20/h14H,5-13H2,1-4H3,(H2,16,17,18). The minimum atomic E-state index is 0.607. The molecule has 1 atom stereocenters. The largest absolute Gasteiger partial charge is 0.357 e. The van der Waals surface area contributed by atoms with Gasteiger partial charge in [0, 0.05) is 52.4 Å². The lowest BCUT2D eigenvalue weighted by Crippen LogP contribution is -2.46. The fraction of sp³-hybridized carbons (Fsp3) is 0.933. The van der Waals surface area contributed by atoms with Gasteiger partial charge in [-0.05, 0) is 26.3 Å². The van der Waals surface area contributed by atoms with Gasteiger partial charge in [-0.15, -0.1) is 0 Å². The predicted octanol–water partition coefficient (Wildman–Crippen LogP) is 0.835. The highest BCUT2D eigenvalue weighted by Gasteiger charge is 2.15. The van der Waals surface area contributed by atoms with E-state index in [-0.39, 0.29) is 0 Å². The third-order valence-corrected chi connectivity index (χ3v) is 3.61. The molecule has 2 N–H and O–H groups in total. The molecule has 0 bridgehead atoms. The first kappa shape index (κ1) is 17.2. The summed E-state index contributed by atoms with van der Waals surface area (Å²) in [6.07, 6.45) is 1.13. The fourth-order valence-electron chi connectivity index (χ4n) is 2.36. The first-order chi connectivity index (χ1) is 9.65. The first-order valence-electron chi connectivity index (χ1n) is 8.08. The van der Waals surface area contributed by atoms with Gasteiger partial charge >= 0.3 is 0 Å². The van der Waals surface area contributed by atoms with Crippen molar-refractivity contribution in [3.05, 3.63) is 0 Å². The lowest BCUT2D eigenvalue weighted by Gasteiger charge is -2.33. The maximum atomic E-state index is 4.69. The summed E-state index contributed by atoms with van der Waals surface area (Å²) in [5.41, 5.74) is 0. The van der Waals surface area contributed by atoms with Crippen LogP contribution in [0.15, 0.2) is 4.99 Å². The van der Waals surface area contributed by atoms with Crippen LogP contribution in [-0.4, -0.2) is 75.2 Å². The van der Waals surface area contributed by atoms with Crippen molar-refractivity contribution >= 4 is 5.96 Å². The van der Waals surface area contributed by atoms with Gasteiger partial charge in [-0.3, -0.25) is 4.99 Å². The molecule has 0 amide bonds. The SMILES string of the molecule is CCCNC(=NCC(C)CN1CCN(C)CC1)NCC. The van der Waals surface area contributed by atoms with Gasteiger partial charge in [0.05, 0.1) is 0 Å². The van der Waals surface area contributed by atoms with Gasteiger partial charge in [0.25, 0.3) is 0 Å². The van der Waals surface area contributed by atoms with E-state index in [1.165, 1.54) is 26.2 Å². The first-order valence-corrected chi connectivity index (χ1v) is 8.08. The zero-order valence-electron chi connectivity index (χ0n) is 13.8. The van der Waals surface area contributed by atoms with E-state index < -0.39 is 0 Å². The highest BCUT2D eigenvalue weighted by Crippen LogP contribution is 2.04. The molecule has 0 aliphatic carbocycles. The molecule has 118 valence electrons. The Kier molecular flexibility index (Phi) is 8.62. The summed E-state index contributed by atoms with van der Waals surface area (Å²) in [5.74, 6) is 1.56. The summed E-state index contributed by atoms with van der Waals surface area (Å²) in [6.45, 7) is 15.3. The van der Waals surface area contributed by atoms with E-state index in [1.807, 2.05) is 0 Å². The van der Waals surface area contributed by atoms with Crippen LogP contribution in [0.1, 0.15) is 27.2 Å². The van der Waals surface area contributed by atoms with E-state index in [0.717, 1.165) is 38.6 Å². The molecule has 1 aliphatic rings. The Morgan fingerprint density at radius 1 is 1.15 bits per heavy atom. The van der Waals surface area contributed by atoms with Gasteiger partial charge in [-0.2, -0.15) is 0 Å². The fourth-order valence-corrected chi connectivity index (χ4v) is 2.36. The molecule has 0 aromatic carbocycles. The van der Waals surface area contributed by atoms with E-state index in [9.17, 15) is 0 Å². The number of hydrogen-bond donors (Lipinski definition) is 2. The quantitative estimate of drug-likeness (QED) is 0.537. The third kappa shape index (κ3) is 7.10. The summed E-state index contributed by atoms with van der Waals surface area (Å²) >= 11 is 0. The van der Waals surface area contributed by atoms with Gasteiger partial charge in [-0.1, -0.05) is 13.8 Å². The van der Waals surface area contributed by atoms with Crippen LogP contribution in [0.3, 0.4) is 0 Å². The highest BCUT2D eigenvalue weighted by atomic mass is 15.2. The number of guanidine groups is 1. The number of nitrogens with one attached hydrogen (secondary N) is 2. The second kappa shape index (κ2) is 10.00. The molecular weight excluding hydrogens is 250 g/mol. The predicted molar refractivity (Wildman–Crippen MR) is 87.4 cm³/mol. The molecule has 5 heteroatoms. The summed E-state index contributed by atoms with van der Waals surface area (Å²) in [4.78, 5) is 9.65. The maximum Gasteiger partial charge on any atom is 0.191 e. The molecule has 1 fully saturated rings. The zero-order valence-corrected chi connectivity index (χ0v) is 13.8. The average molecular weight is 283 g/mol. The molecule has 0 spiro atoms. The van der Waals surface area contributed by atoms with E-state index >= 15 is 0 Å². The van der Waals surface area contributed by atoms with Crippen molar-refractivity contribution in [2.45, 2.75) is 27.2 Å². The number of hydrogen-bond acceptors (Lipinski definition) is 3. The lowest BCUT2D eigenvalue weighted by molar-refractivity contribution is 0.140. The van der Waals surface area contributed by atoms with Crippen molar-refractivity contribution in [1.29, 1.82) is 0 Å². The molecule has 1 heterocycles. The van der Waals surface area contributed by atoms with E-state index in [2.05, 4.69) is 53.2 Å². The molecule has 0 radical (unpaired) electrons. The number of nitrogens with zero attached hydrogens (tertiary/aromatic N) is 3. The second-order valence-corrected chi connectivity index (χ2v) is 5.86. The highest BCUT2D eigenvalue weighted by molar-refractivity contribution is 5.79. The van der Waals surface area contributed by atoms with Crippen molar-refractivity contribution in [1.82, 2.24) is 20.4 Å². The summed E-state index contributed by atoms with van der Waals surface area (Å²) in [5, 5.41) is 6.65. The monoisotopic (exact) mass is 283 g/mol. The van der Waals surface area contributed by atoms with Gasteiger partial charge in [0.1, 0.15) is 0 Å². The van der Waals surface area contributed by atoms with E-state index in [1.54, 1.807) is 0 Å². The van der Waals surface area contributed by atoms with Crippen molar-refractivity contribution in [2.75, 3.05) is 59.4 Å². The molecule has 0 aromatic rings. The molecule has 1 saturated heterocycles. The number of aliphatic imine (C=N–C) groups is 1. The Morgan fingerprint density at radius 3 is 2.45 bits per heavy atom.